The summed E-state index contributed by atoms with van der Waals surface area (Å²) in [5, 5.41) is 19.5. The molecular formula is C19H18BrFN4OS. The summed E-state index contributed by atoms with van der Waals surface area (Å²) in [7, 11) is 0. The average Bonchev–Trinajstić information content (AvgIpc) is 3.14. The highest BCUT2D eigenvalue weighted by Gasteiger charge is 2.21. The Morgan fingerprint density at radius 2 is 1.89 bits per heavy atom. The zero-order valence-electron chi connectivity index (χ0n) is 14.5. The van der Waals surface area contributed by atoms with Gasteiger partial charge in [-0.25, -0.2) is 4.39 Å². The Morgan fingerprint density at radius 3 is 2.67 bits per heavy atom. The first-order valence-electron chi connectivity index (χ1n) is 8.62. The Kier molecular flexibility index (Phi) is 5.38. The van der Waals surface area contributed by atoms with Crippen LogP contribution in [0.2, 0.25) is 0 Å². The van der Waals surface area contributed by atoms with Crippen LogP contribution in [0.4, 0.5) is 9.52 Å². The zero-order chi connectivity index (χ0) is 18.8. The van der Waals surface area contributed by atoms with E-state index in [9.17, 15) is 9.50 Å². The fourth-order valence-electron chi connectivity index (χ4n) is 3.12. The van der Waals surface area contributed by atoms with Crippen LogP contribution in [-0.2, 0) is 6.54 Å². The maximum atomic E-state index is 14.1. The second-order valence-electron chi connectivity index (χ2n) is 6.45. The van der Waals surface area contributed by atoms with E-state index in [1.54, 1.807) is 24.3 Å². The number of piperazine rings is 1. The number of phenolic OH excluding ortho intramolecular Hbond substituents is 1. The van der Waals surface area contributed by atoms with E-state index in [0.29, 0.717) is 16.3 Å². The van der Waals surface area contributed by atoms with E-state index in [-0.39, 0.29) is 5.82 Å². The van der Waals surface area contributed by atoms with E-state index < -0.39 is 0 Å². The van der Waals surface area contributed by atoms with Crippen molar-refractivity contribution in [3.05, 3.63) is 58.3 Å². The maximum absolute atomic E-state index is 14.1. The molecule has 0 spiro atoms. The number of phenols is 1. The smallest absolute Gasteiger partial charge is 0.208 e. The van der Waals surface area contributed by atoms with Gasteiger partial charge >= 0.3 is 0 Å². The summed E-state index contributed by atoms with van der Waals surface area (Å²) < 4.78 is 14.9. The van der Waals surface area contributed by atoms with Crippen molar-refractivity contribution in [1.29, 1.82) is 0 Å². The zero-order valence-corrected chi connectivity index (χ0v) is 16.9. The fraction of sp³-hybridized carbons (Fsp3) is 0.263. The minimum absolute atomic E-state index is 0.295. The number of aromatic nitrogens is 2. The maximum Gasteiger partial charge on any atom is 0.208 e. The molecule has 1 aliphatic rings. The largest absolute Gasteiger partial charge is 0.508 e. The lowest BCUT2D eigenvalue weighted by Gasteiger charge is -2.34. The first-order chi connectivity index (χ1) is 13.1. The van der Waals surface area contributed by atoms with E-state index in [1.165, 1.54) is 17.4 Å². The van der Waals surface area contributed by atoms with Crippen molar-refractivity contribution in [2.24, 2.45) is 0 Å². The second-order valence-corrected chi connectivity index (χ2v) is 8.32. The first-order valence-corrected chi connectivity index (χ1v) is 10.2. The summed E-state index contributed by atoms with van der Waals surface area (Å²) in [5.41, 5.74) is 1.57. The van der Waals surface area contributed by atoms with Gasteiger partial charge in [0.05, 0.1) is 0 Å². The third-order valence-corrected chi connectivity index (χ3v) is 6.04. The van der Waals surface area contributed by atoms with Crippen LogP contribution in [0.1, 0.15) is 5.56 Å². The molecule has 8 heteroatoms. The third-order valence-electron chi connectivity index (χ3n) is 4.53. The van der Waals surface area contributed by atoms with Crippen LogP contribution in [0.3, 0.4) is 0 Å². The Morgan fingerprint density at radius 1 is 1.07 bits per heavy atom. The number of hydrogen-bond donors (Lipinski definition) is 1. The average molecular weight is 449 g/mol. The highest BCUT2D eigenvalue weighted by molar-refractivity contribution is 9.10. The summed E-state index contributed by atoms with van der Waals surface area (Å²) >= 11 is 4.79. The molecule has 5 nitrogen and oxygen atoms in total. The van der Waals surface area contributed by atoms with Gasteiger partial charge in [-0.15, -0.1) is 10.2 Å². The summed E-state index contributed by atoms with van der Waals surface area (Å²) in [6, 6.07) is 12.2. The van der Waals surface area contributed by atoms with Crippen molar-refractivity contribution in [3.63, 3.8) is 0 Å². The lowest BCUT2D eigenvalue weighted by atomic mass is 10.2. The van der Waals surface area contributed by atoms with Gasteiger partial charge in [-0.1, -0.05) is 39.4 Å². The Labute approximate surface area is 169 Å². The van der Waals surface area contributed by atoms with Gasteiger partial charge in [0.15, 0.2) is 5.01 Å². The van der Waals surface area contributed by atoms with Crippen molar-refractivity contribution in [3.8, 4) is 16.3 Å². The van der Waals surface area contributed by atoms with Crippen molar-refractivity contribution < 1.29 is 9.50 Å². The molecule has 1 saturated heterocycles. The predicted octanol–water partition coefficient (Wildman–Crippen LogP) is 4.13. The van der Waals surface area contributed by atoms with Crippen molar-refractivity contribution in [1.82, 2.24) is 15.1 Å². The van der Waals surface area contributed by atoms with Gasteiger partial charge in [-0.2, -0.15) is 0 Å². The quantitative estimate of drug-likeness (QED) is 0.649. The summed E-state index contributed by atoms with van der Waals surface area (Å²) in [5.74, 6) is 0.00383. The number of anilines is 1. The molecule has 4 rings (SSSR count). The molecule has 1 aliphatic heterocycles. The Balaban J connectivity index is 1.40. The van der Waals surface area contributed by atoms with E-state index >= 15 is 0 Å². The van der Waals surface area contributed by atoms with Crippen LogP contribution in [0.5, 0.6) is 5.75 Å². The van der Waals surface area contributed by atoms with Crippen LogP contribution in [0.25, 0.3) is 10.6 Å². The highest BCUT2D eigenvalue weighted by atomic mass is 79.9. The van der Waals surface area contributed by atoms with Gasteiger partial charge in [0, 0.05) is 42.8 Å². The lowest BCUT2D eigenvalue weighted by molar-refractivity contribution is 0.249. The van der Waals surface area contributed by atoms with E-state index in [1.807, 2.05) is 12.1 Å². The number of hydrogen-bond acceptors (Lipinski definition) is 6. The number of rotatable bonds is 4. The minimum atomic E-state index is -0.295. The Bertz CT molecular complexity index is 943. The standard InChI is InChI=1S/C19H18BrFN4OS/c20-14-4-5-17(21)16(11-14)18-22-23-19(27-18)25-8-6-24(7-9-25)12-13-2-1-3-15(26)10-13/h1-5,10-11,26H,6-9,12H2. The topological polar surface area (TPSA) is 52.5 Å². The molecule has 2 heterocycles. The van der Waals surface area contributed by atoms with Crippen molar-refractivity contribution >= 4 is 32.4 Å². The van der Waals surface area contributed by atoms with E-state index in [0.717, 1.165) is 47.9 Å². The molecule has 0 aliphatic carbocycles. The number of benzene rings is 2. The number of aromatic hydroxyl groups is 1. The second kappa shape index (κ2) is 7.92. The SMILES string of the molecule is Oc1cccc(CN2CCN(c3nnc(-c4cc(Br)ccc4F)s3)CC2)c1. The van der Waals surface area contributed by atoms with Crippen LogP contribution >= 0.6 is 27.3 Å². The molecule has 0 saturated carbocycles. The lowest BCUT2D eigenvalue weighted by Crippen LogP contribution is -2.45. The molecule has 2 aromatic carbocycles. The Hall–Kier alpha value is -2.03. The predicted molar refractivity (Wildman–Crippen MR) is 109 cm³/mol. The van der Waals surface area contributed by atoms with E-state index in [2.05, 4.69) is 35.9 Å². The van der Waals surface area contributed by atoms with Gasteiger partial charge in [0.1, 0.15) is 11.6 Å². The summed E-state index contributed by atoms with van der Waals surface area (Å²) in [4.78, 5) is 4.54. The molecule has 27 heavy (non-hydrogen) atoms. The normalized spacial score (nSPS) is 15.3. The van der Waals surface area contributed by atoms with Crippen LogP contribution < -0.4 is 4.90 Å². The molecule has 0 amide bonds. The molecule has 1 N–H and O–H groups in total. The first kappa shape index (κ1) is 18.3. The van der Waals surface area contributed by atoms with Crippen LogP contribution in [-0.4, -0.2) is 46.4 Å². The molecule has 1 aromatic heterocycles. The molecule has 0 atom stereocenters. The van der Waals surface area contributed by atoms with Gasteiger partial charge in [-0.05, 0) is 35.9 Å². The van der Waals surface area contributed by atoms with Gasteiger partial charge < -0.3 is 10.0 Å². The molecule has 140 valence electrons. The number of halogens is 2. The van der Waals surface area contributed by atoms with Crippen molar-refractivity contribution in [2.45, 2.75) is 6.54 Å². The van der Waals surface area contributed by atoms with Crippen molar-refractivity contribution in [2.75, 3.05) is 31.1 Å². The molecule has 0 unspecified atom stereocenters. The number of nitrogens with zero attached hydrogens (tertiary/aromatic N) is 4. The molecule has 3 aromatic rings. The fourth-order valence-corrected chi connectivity index (χ4v) is 4.40. The van der Waals surface area contributed by atoms with Crippen LogP contribution in [0.15, 0.2) is 46.9 Å². The van der Waals surface area contributed by atoms with Gasteiger partial charge in [0.25, 0.3) is 0 Å². The summed E-state index contributed by atoms with van der Waals surface area (Å²) in [6.07, 6.45) is 0. The monoisotopic (exact) mass is 448 g/mol. The van der Waals surface area contributed by atoms with Crippen LogP contribution in [0, 0.1) is 5.82 Å². The minimum Gasteiger partial charge on any atom is -0.508 e. The van der Waals surface area contributed by atoms with Gasteiger partial charge in [-0.3, -0.25) is 4.90 Å². The molecule has 1 fully saturated rings. The molecule has 0 bridgehead atoms. The third kappa shape index (κ3) is 4.28. The molecular weight excluding hydrogens is 431 g/mol. The summed E-state index contributed by atoms with van der Waals surface area (Å²) in [6.45, 7) is 4.29. The van der Waals surface area contributed by atoms with E-state index in [4.69, 9.17) is 0 Å². The highest BCUT2D eigenvalue weighted by Crippen LogP contribution is 2.32. The molecule has 0 radical (unpaired) electrons. The van der Waals surface area contributed by atoms with Gasteiger partial charge in [0.2, 0.25) is 5.13 Å².